The van der Waals surface area contributed by atoms with E-state index in [9.17, 15) is 8.42 Å². The first kappa shape index (κ1) is 14.5. The molecule has 1 N–H and O–H groups in total. The van der Waals surface area contributed by atoms with E-state index < -0.39 is 9.84 Å². The molecule has 0 radical (unpaired) electrons. The molecule has 2 rings (SSSR count). The predicted molar refractivity (Wildman–Crippen MR) is 75.7 cm³/mol. The molecule has 0 saturated carbocycles. The monoisotopic (exact) mass is 285 g/mol. The summed E-state index contributed by atoms with van der Waals surface area (Å²) in [5.74, 6) is 0.781. The van der Waals surface area contributed by atoms with Gasteiger partial charge in [0.25, 0.3) is 0 Å². The second kappa shape index (κ2) is 5.63. The van der Waals surface area contributed by atoms with Gasteiger partial charge in [0, 0.05) is 24.3 Å². The summed E-state index contributed by atoms with van der Waals surface area (Å²) in [7, 11) is -0.929. The van der Waals surface area contributed by atoms with Gasteiger partial charge in [0.15, 0.2) is 9.84 Å². The van der Waals surface area contributed by atoms with Crippen LogP contribution in [0.25, 0.3) is 0 Å². The molecule has 1 fully saturated rings. The van der Waals surface area contributed by atoms with E-state index in [-0.39, 0.29) is 12.0 Å². The molecule has 1 aliphatic rings. The number of sulfone groups is 1. The summed E-state index contributed by atoms with van der Waals surface area (Å²) < 4.78 is 25.2. The van der Waals surface area contributed by atoms with E-state index in [2.05, 4.69) is 17.3 Å². The Morgan fingerprint density at radius 1 is 1.58 bits per heavy atom. The van der Waals surface area contributed by atoms with Gasteiger partial charge in [0.05, 0.1) is 17.7 Å². The van der Waals surface area contributed by atoms with Gasteiger partial charge in [-0.3, -0.25) is 4.68 Å². The summed E-state index contributed by atoms with van der Waals surface area (Å²) in [6.45, 7) is 5.05. The Morgan fingerprint density at radius 3 is 2.79 bits per heavy atom. The maximum Gasteiger partial charge on any atom is 0.150 e. The maximum absolute atomic E-state index is 11.7. The van der Waals surface area contributed by atoms with E-state index in [0.29, 0.717) is 11.5 Å². The Balaban J connectivity index is 2.24. The van der Waals surface area contributed by atoms with Crippen molar-refractivity contribution in [2.45, 2.75) is 32.7 Å². The summed E-state index contributed by atoms with van der Waals surface area (Å²) in [6.07, 6.45) is 3.65. The molecule has 5 nitrogen and oxygen atoms in total. The quantitative estimate of drug-likeness (QED) is 0.883. The van der Waals surface area contributed by atoms with Gasteiger partial charge in [-0.05, 0) is 32.2 Å². The normalized spacial score (nSPS) is 23.6. The fourth-order valence-electron chi connectivity index (χ4n) is 2.74. The van der Waals surface area contributed by atoms with Gasteiger partial charge >= 0.3 is 0 Å². The standard InChI is InChI=1S/C13H23N3O2S/c1-4-6-14-13(11-5-7-19(17,18)9-11)12-8-15-16(3)10(12)2/h8,11,13-14H,4-7,9H2,1-3H3. The van der Waals surface area contributed by atoms with Crippen LogP contribution in [0.3, 0.4) is 0 Å². The van der Waals surface area contributed by atoms with Crippen molar-refractivity contribution in [3.05, 3.63) is 17.5 Å². The molecule has 0 aromatic carbocycles. The average molecular weight is 285 g/mol. The molecule has 1 aliphatic heterocycles. The molecular formula is C13H23N3O2S. The average Bonchev–Trinajstić information content (AvgIpc) is 2.86. The highest BCUT2D eigenvalue weighted by atomic mass is 32.2. The van der Waals surface area contributed by atoms with Crippen molar-refractivity contribution in [3.63, 3.8) is 0 Å². The molecule has 2 atom stereocenters. The Hall–Kier alpha value is -0.880. The van der Waals surface area contributed by atoms with E-state index in [0.717, 1.165) is 30.6 Å². The lowest BCUT2D eigenvalue weighted by atomic mass is 9.93. The molecule has 0 bridgehead atoms. The van der Waals surface area contributed by atoms with Crippen molar-refractivity contribution in [1.82, 2.24) is 15.1 Å². The maximum atomic E-state index is 11.7. The highest BCUT2D eigenvalue weighted by Crippen LogP contribution is 2.32. The topological polar surface area (TPSA) is 64.0 Å². The minimum atomic E-state index is -2.85. The van der Waals surface area contributed by atoms with E-state index in [4.69, 9.17) is 0 Å². The van der Waals surface area contributed by atoms with E-state index in [1.165, 1.54) is 0 Å². The number of rotatable bonds is 5. The number of hydrogen-bond donors (Lipinski definition) is 1. The smallest absolute Gasteiger partial charge is 0.150 e. The van der Waals surface area contributed by atoms with Gasteiger partial charge in [-0.2, -0.15) is 5.10 Å². The molecule has 1 aromatic heterocycles. The molecule has 0 amide bonds. The molecular weight excluding hydrogens is 262 g/mol. The van der Waals surface area contributed by atoms with Gasteiger partial charge in [-0.15, -0.1) is 0 Å². The van der Waals surface area contributed by atoms with Gasteiger partial charge in [0.2, 0.25) is 0 Å². The van der Waals surface area contributed by atoms with Gasteiger partial charge in [-0.25, -0.2) is 8.42 Å². The Bertz CT molecular complexity index is 536. The fourth-order valence-corrected chi connectivity index (χ4v) is 4.58. The summed E-state index contributed by atoms with van der Waals surface area (Å²) in [5, 5.41) is 7.78. The third-order valence-corrected chi connectivity index (χ3v) is 5.76. The van der Waals surface area contributed by atoms with Crippen molar-refractivity contribution in [2.75, 3.05) is 18.1 Å². The Kier molecular flexibility index (Phi) is 4.30. The van der Waals surface area contributed by atoms with Crippen LogP contribution in [0, 0.1) is 12.8 Å². The summed E-state index contributed by atoms with van der Waals surface area (Å²) in [5.41, 5.74) is 2.25. The zero-order valence-corrected chi connectivity index (χ0v) is 12.7. The number of aromatic nitrogens is 2. The number of nitrogens with one attached hydrogen (secondary N) is 1. The third kappa shape index (κ3) is 3.17. The van der Waals surface area contributed by atoms with Crippen LogP contribution in [-0.4, -0.2) is 36.2 Å². The predicted octanol–water partition coefficient (Wildman–Crippen LogP) is 1.20. The van der Waals surface area contributed by atoms with Gasteiger partial charge in [-0.1, -0.05) is 6.92 Å². The molecule has 6 heteroatoms. The minimum absolute atomic E-state index is 0.103. The van der Waals surface area contributed by atoms with Crippen LogP contribution in [-0.2, 0) is 16.9 Å². The van der Waals surface area contributed by atoms with Crippen LogP contribution in [0.1, 0.15) is 37.1 Å². The summed E-state index contributed by atoms with van der Waals surface area (Å²) >= 11 is 0. The highest BCUT2D eigenvalue weighted by Gasteiger charge is 2.35. The first-order valence-electron chi connectivity index (χ1n) is 6.87. The second-order valence-corrected chi connectivity index (χ2v) is 7.63. The lowest BCUT2D eigenvalue weighted by Gasteiger charge is -2.24. The van der Waals surface area contributed by atoms with Gasteiger partial charge < -0.3 is 5.32 Å². The molecule has 0 aliphatic carbocycles. The molecule has 0 spiro atoms. The van der Waals surface area contributed by atoms with Crippen LogP contribution in [0.4, 0.5) is 0 Å². The van der Waals surface area contributed by atoms with Crippen molar-refractivity contribution in [3.8, 4) is 0 Å². The first-order valence-corrected chi connectivity index (χ1v) is 8.69. The third-order valence-electron chi connectivity index (χ3n) is 3.96. The van der Waals surface area contributed by atoms with Crippen LogP contribution in [0.15, 0.2) is 6.20 Å². The van der Waals surface area contributed by atoms with Crippen molar-refractivity contribution in [1.29, 1.82) is 0 Å². The number of hydrogen-bond acceptors (Lipinski definition) is 4. The van der Waals surface area contributed by atoms with Crippen LogP contribution < -0.4 is 5.32 Å². The second-order valence-electron chi connectivity index (χ2n) is 5.40. The molecule has 19 heavy (non-hydrogen) atoms. The highest BCUT2D eigenvalue weighted by molar-refractivity contribution is 7.91. The molecule has 2 unspecified atom stereocenters. The zero-order chi connectivity index (χ0) is 14.0. The molecule has 1 saturated heterocycles. The Labute approximate surface area is 115 Å². The van der Waals surface area contributed by atoms with Crippen molar-refractivity contribution < 1.29 is 8.42 Å². The number of aryl methyl sites for hydroxylation is 1. The summed E-state index contributed by atoms with van der Waals surface area (Å²) in [4.78, 5) is 0. The largest absolute Gasteiger partial charge is 0.310 e. The fraction of sp³-hybridized carbons (Fsp3) is 0.769. The Morgan fingerprint density at radius 2 is 2.32 bits per heavy atom. The van der Waals surface area contributed by atoms with Crippen molar-refractivity contribution >= 4 is 9.84 Å². The molecule has 1 aromatic rings. The van der Waals surface area contributed by atoms with Crippen LogP contribution in [0.5, 0.6) is 0 Å². The lowest BCUT2D eigenvalue weighted by molar-refractivity contribution is 0.391. The van der Waals surface area contributed by atoms with E-state index in [1.807, 2.05) is 24.9 Å². The number of nitrogens with zero attached hydrogens (tertiary/aromatic N) is 2. The minimum Gasteiger partial charge on any atom is -0.310 e. The van der Waals surface area contributed by atoms with Crippen LogP contribution in [0.2, 0.25) is 0 Å². The molecule has 2 heterocycles. The van der Waals surface area contributed by atoms with E-state index >= 15 is 0 Å². The zero-order valence-electron chi connectivity index (χ0n) is 11.9. The van der Waals surface area contributed by atoms with Gasteiger partial charge in [0.1, 0.15) is 0 Å². The lowest BCUT2D eigenvalue weighted by Crippen LogP contribution is -2.30. The van der Waals surface area contributed by atoms with E-state index in [1.54, 1.807) is 0 Å². The molecule has 108 valence electrons. The SMILES string of the molecule is CCCNC(c1cnn(C)c1C)C1CCS(=O)(=O)C1. The first-order chi connectivity index (χ1) is 8.94. The van der Waals surface area contributed by atoms with Crippen molar-refractivity contribution in [2.24, 2.45) is 13.0 Å². The summed E-state index contributed by atoms with van der Waals surface area (Å²) in [6, 6.07) is 0.103. The van der Waals surface area contributed by atoms with Crippen LogP contribution >= 0.6 is 0 Å².